The number of hydrogen-bond donors (Lipinski definition) is 0. The van der Waals surface area contributed by atoms with Crippen LogP contribution in [0.4, 0.5) is 0 Å². The largest absolute Gasteiger partial charge is 0.495 e. The van der Waals surface area contributed by atoms with Crippen LogP contribution in [0.2, 0.25) is 0 Å². The summed E-state index contributed by atoms with van der Waals surface area (Å²) < 4.78 is 12.5. The number of hydrogen-bond acceptors (Lipinski definition) is 6. The summed E-state index contributed by atoms with van der Waals surface area (Å²) in [5.74, 6) is 2.06. The molecule has 0 unspecified atom stereocenters. The molecule has 30 heavy (non-hydrogen) atoms. The highest BCUT2D eigenvalue weighted by Gasteiger charge is 2.40. The molecule has 7 nitrogen and oxygen atoms in total. The molecule has 1 aliphatic rings. The first-order valence-electron chi connectivity index (χ1n) is 10.2. The van der Waals surface area contributed by atoms with Crippen molar-refractivity contribution in [3.63, 3.8) is 0 Å². The van der Waals surface area contributed by atoms with Crippen molar-refractivity contribution in [3.05, 3.63) is 75.6 Å². The highest BCUT2D eigenvalue weighted by atomic mass is 16.5. The number of aryl methyl sites for hydroxylation is 4. The fourth-order valence-electron chi connectivity index (χ4n) is 3.66. The number of ether oxygens (including phenoxy) is 2. The van der Waals surface area contributed by atoms with E-state index in [2.05, 4.69) is 15.1 Å². The second-order valence-corrected chi connectivity index (χ2v) is 7.72. The Hall–Kier alpha value is -3.22. The second kappa shape index (κ2) is 8.65. The van der Waals surface area contributed by atoms with Crippen LogP contribution in [-0.4, -0.2) is 33.5 Å². The third kappa shape index (κ3) is 4.50. The Morgan fingerprint density at radius 3 is 2.73 bits per heavy atom. The molecule has 2 atom stereocenters. The van der Waals surface area contributed by atoms with E-state index < -0.39 is 0 Å². The van der Waals surface area contributed by atoms with Crippen molar-refractivity contribution >= 4 is 0 Å². The molecule has 156 valence electrons. The van der Waals surface area contributed by atoms with Gasteiger partial charge in [0.25, 0.3) is 5.56 Å². The molecule has 0 bridgehead atoms. The zero-order valence-electron chi connectivity index (χ0n) is 17.5. The summed E-state index contributed by atoms with van der Waals surface area (Å²) in [7, 11) is 3.30. The van der Waals surface area contributed by atoms with E-state index in [1.807, 2.05) is 31.2 Å². The Balaban J connectivity index is 1.38. The molecule has 1 aliphatic carbocycles. The average molecular weight is 406 g/mol. The Labute approximate surface area is 175 Å². The Bertz CT molecular complexity index is 1080. The number of aromatic nitrogens is 4. The van der Waals surface area contributed by atoms with Crippen molar-refractivity contribution in [2.45, 2.75) is 32.1 Å². The van der Waals surface area contributed by atoms with Crippen LogP contribution >= 0.6 is 0 Å². The first-order valence-corrected chi connectivity index (χ1v) is 10.2. The quantitative estimate of drug-likeness (QED) is 0.572. The van der Waals surface area contributed by atoms with Gasteiger partial charge in [-0.25, -0.2) is 4.68 Å². The van der Waals surface area contributed by atoms with Gasteiger partial charge < -0.3 is 9.47 Å². The minimum absolute atomic E-state index is 0.0874. The van der Waals surface area contributed by atoms with Crippen LogP contribution in [0, 0.1) is 12.8 Å². The summed E-state index contributed by atoms with van der Waals surface area (Å²) in [5.41, 5.74) is 3.81. The van der Waals surface area contributed by atoms with Crippen molar-refractivity contribution < 1.29 is 9.47 Å². The molecule has 0 amide bonds. The van der Waals surface area contributed by atoms with E-state index in [1.54, 1.807) is 32.6 Å². The highest BCUT2D eigenvalue weighted by molar-refractivity contribution is 5.26. The zero-order valence-corrected chi connectivity index (χ0v) is 17.5. The first kappa shape index (κ1) is 20.1. The molecule has 0 radical (unpaired) electrons. The van der Waals surface area contributed by atoms with E-state index in [0.29, 0.717) is 36.3 Å². The lowest BCUT2D eigenvalue weighted by molar-refractivity contribution is 0.277. The third-order valence-corrected chi connectivity index (χ3v) is 5.64. The maximum Gasteiger partial charge on any atom is 0.269 e. The fourth-order valence-corrected chi connectivity index (χ4v) is 3.66. The highest BCUT2D eigenvalue weighted by Crippen LogP contribution is 2.46. The molecule has 3 heterocycles. The van der Waals surface area contributed by atoms with E-state index in [1.165, 1.54) is 4.68 Å². The molecule has 3 aromatic heterocycles. The SMILES string of the molecule is COc1ccc([C@H]2C[C@@H]2COc2cc(CCc3cccnc3C)c(=O)n(C)n2)nc1. The van der Waals surface area contributed by atoms with Gasteiger partial charge in [0.1, 0.15) is 5.75 Å². The first-order chi connectivity index (χ1) is 14.5. The van der Waals surface area contributed by atoms with Gasteiger partial charge in [0, 0.05) is 48.1 Å². The van der Waals surface area contributed by atoms with Crippen molar-refractivity contribution in [1.82, 2.24) is 19.7 Å². The van der Waals surface area contributed by atoms with Gasteiger partial charge in [0.05, 0.1) is 19.9 Å². The Morgan fingerprint density at radius 2 is 2.00 bits per heavy atom. The normalized spacial score (nSPS) is 17.6. The lowest BCUT2D eigenvalue weighted by Gasteiger charge is -2.10. The molecular formula is C23H26N4O3. The molecule has 4 rings (SSSR count). The number of methoxy groups -OCH3 is 1. The van der Waals surface area contributed by atoms with E-state index >= 15 is 0 Å². The molecule has 0 saturated heterocycles. The van der Waals surface area contributed by atoms with Gasteiger partial charge in [-0.2, -0.15) is 0 Å². The van der Waals surface area contributed by atoms with Crippen molar-refractivity contribution in [2.24, 2.45) is 13.0 Å². The number of pyridine rings is 2. The fraction of sp³-hybridized carbons (Fsp3) is 0.391. The van der Waals surface area contributed by atoms with Gasteiger partial charge in [-0.15, -0.1) is 5.10 Å². The minimum atomic E-state index is -0.0874. The lowest BCUT2D eigenvalue weighted by Crippen LogP contribution is -2.24. The summed E-state index contributed by atoms with van der Waals surface area (Å²) in [5, 5.41) is 4.26. The van der Waals surface area contributed by atoms with Gasteiger partial charge >= 0.3 is 0 Å². The van der Waals surface area contributed by atoms with Gasteiger partial charge in [-0.3, -0.25) is 14.8 Å². The number of nitrogens with zero attached hydrogens (tertiary/aromatic N) is 4. The van der Waals surface area contributed by atoms with Crippen LogP contribution in [-0.2, 0) is 19.9 Å². The maximum absolute atomic E-state index is 12.5. The van der Waals surface area contributed by atoms with E-state index in [-0.39, 0.29) is 5.56 Å². The van der Waals surface area contributed by atoms with Crippen molar-refractivity contribution in [2.75, 3.05) is 13.7 Å². The van der Waals surface area contributed by atoms with E-state index in [9.17, 15) is 4.79 Å². The molecule has 0 N–H and O–H groups in total. The van der Waals surface area contributed by atoms with Gasteiger partial charge in [0.2, 0.25) is 5.88 Å². The molecule has 1 fully saturated rings. The van der Waals surface area contributed by atoms with Gasteiger partial charge in [0.15, 0.2) is 0 Å². The van der Waals surface area contributed by atoms with Crippen LogP contribution in [0.1, 0.15) is 34.9 Å². The summed E-state index contributed by atoms with van der Waals surface area (Å²) in [6, 6.07) is 9.68. The third-order valence-electron chi connectivity index (χ3n) is 5.64. The molecule has 0 aromatic carbocycles. The predicted molar refractivity (Wildman–Crippen MR) is 113 cm³/mol. The summed E-state index contributed by atoms with van der Waals surface area (Å²) in [6.07, 6.45) is 5.95. The monoisotopic (exact) mass is 406 g/mol. The smallest absolute Gasteiger partial charge is 0.269 e. The summed E-state index contributed by atoms with van der Waals surface area (Å²) >= 11 is 0. The van der Waals surface area contributed by atoms with Crippen LogP contribution in [0.5, 0.6) is 11.6 Å². The summed E-state index contributed by atoms with van der Waals surface area (Å²) in [6.45, 7) is 2.54. The Morgan fingerprint density at radius 1 is 1.17 bits per heavy atom. The van der Waals surface area contributed by atoms with Gasteiger partial charge in [-0.1, -0.05) is 6.07 Å². The molecule has 7 heteroatoms. The number of rotatable bonds is 8. The molecular weight excluding hydrogens is 380 g/mol. The van der Waals surface area contributed by atoms with E-state index in [0.717, 1.165) is 35.5 Å². The van der Waals surface area contributed by atoms with Crippen LogP contribution in [0.15, 0.2) is 47.5 Å². The van der Waals surface area contributed by atoms with Gasteiger partial charge in [-0.05, 0) is 49.9 Å². The van der Waals surface area contributed by atoms with Crippen molar-refractivity contribution in [3.8, 4) is 11.6 Å². The molecule has 3 aromatic rings. The van der Waals surface area contributed by atoms with Crippen molar-refractivity contribution in [1.29, 1.82) is 0 Å². The van der Waals surface area contributed by atoms with Crippen LogP contribution in [0.3, 0.4) is 0 Å². The molecule has 0 aliphatic heterocycles. The standard InChI is InChI=1S/C23H26N4O3/c1-15-16(5-4-10-24-15)6-7-17-12-22(26-27(2)23(17)28)30-14-18-11-20(18)21-9-8-19(29-3)13-25-21/h4-5,8-10,12-13,18,20H,6-7,11,14H2,1-3H3/t18-,20+/m1/s1. The lowest BCUT2D eigenvalue weighted by atomic mass is 10.1. The van der Waals surface area contributed by atoms with Crippen LogP contribution < -0.4 is 15.0 Å². The second-order valence-electron chi connectivity index (χ2n) is 7.72. The summed E-state index contributed by atoms with van der Waals surface area (Å²) in [4.78, 5) is 21.3. The topological polar surface area (TPSA) is 79.1 Å². The Kier molecular flexibility index (Phi) is 5.79. The average Bonchev–Trinajstić information content (AvgIpc) is 3.54. The maximum atomic E-state index is 12.5. The predicted octanol–water partition coefficient (Wildman–Crippen LogP) is 2.86. The molecule has 1 saturated carbocycles. The van der Waals surface area contributed by atoms with E-state index in [4.69, 9.17) is 9.47 Å². The zero-order chi connectivity index (χ0) is 21.1. The molecule has 0 spiro atoms. The van der Waals surface area contributed by atoms with Crippen LogP contribution in [0.25, 0.3) is 0 Å². The minimum Gasteiger partial charge on any atom is -0.495 e.